The molecule has 12 rings (SSSR count). The molecule has 87 heavy (non-hydrogen) atoms. The number of terminal acetylenes is 3. The first-order valence-electron chi connectivity index (χ1n) is 25.9. The molecule has 9 aromatic heterocycles. The van der Waals surface area contributed by atoms with Crippen molar-refractivity contribution in [1.29, 1.82) is 0 Å². The third kappa shape index (κ3) is 14.8. The summed E-state index contributed by atoms with van der Waals surface area (Å²) in [5.41, 5.74) is 4.29. The Morgan fingerprint density at radius 1 is 0.552 bits per heavy atom. The Kier molecular flexibility index (Phi) is 17.3. The predicted molar refractivity (Wildman–Crippen MR) is 325 cm³/mol. The van der Waals surface area contributed by atoms with Crippen LogP contribution in [0.1, 0.15) is 116 Å². The number of primary sulfonamides is 1. The number of anilines is 6. The molecule has 0 aromatic carbocycles. The average molecular weight is 1290 g/mol. The first-order chi connectivity index (χ1) is 41.5. The van der Waals surface area contributed by atoms with Crippen molar-refractivity contribution in [3.63, 3.8) is 0 Å². The van der Waals surface area contributed by atoms with Crippen molar-refractivity contribution in [2.45, 2.75) is 89.7 Å². The summed E-state index contributed by atoms with van der Waals surface area (Å²) >= 11 is 2.86. The molecule has 3 aliphatic rings. The Morgan fingerprint density at radius 2 is 0.920 bits per heavy atom. The molecule has 0 bridgehead atoms. The van der Waals surface area contributed by atoms with E-state index in [0.717, 1.165) is 90.6 Å². The molecular formula is C54H48N18O9S6. The number of aromatic amines is 2. The molecule has 0 unspecified atom stereocenters. The average Bonchev–Trinajstić information content (AvgIpc) is 4.11. The smallest absolute Gasteiger partial charge is 0.273 e. The Hall–Kier alpha value is -9.53. The van der Waals surface area contributed by atoms with Crippen LogP contribution in [-0.4, -0.2) is 103 Å². The number of hydrogen-bond donors (Lipinski definition) is 8. The molecule has 9 aromatic rings. The third-order valence-electron chi connectivity index (χ3n) is 12.6. The van der Waals surface area contributed by atoms with Crippen molar-refractivity contribution >= 4 is 117 Å². The lowest BCUT2D eigenvalue weighted by Gasteiger charge is -2.06. The lowest BCUT2D eigenvalue weighted by atomic mass is 10.3. The molecular weight excluding hydrogens is 1240 g/mol. The lowest BCUT2D eigenvalue weighted by Crippen LogP contribution is -2.27. The van der Waals surface area contributed by atoms with Gasteiger partial charge in [0.05, 0.1) is 37.0 Å². The highest BCUT2D eigenvalue weighted by Gasteiger charge is 2.31. The van der Waals surface area contributed by atoms with Gasteiger partial charge in [-0.1, -0.05) is 17.8 Å². The van der Waals surface area contributed by atoms with Gasteiger partial charge in [-0.15, -0.1) is 58.4 Å². The van der Waals surface area contributed by atoms with Crippen LogP contribution in [0, 0.1) is 37.0 Å². The standard InChI is InChI=1S/C20H18N6O4S2.C18H16N6O3S2.C16H14N6O2S2/c1-4-13-10-21-20(16-7-8-18(31-16)32(29,30)25-11(2)27)23-19(13)22-17-9-15(14-5-6-14)26(24-17)12(3)28;1-3-11-9-19-18(14-6-7-16(28-14)29(26,27)24-10(2)25)21-17(11)20-15-8-13(22-23-15)12-4-5-12;1-2-9-8-18-16(12-5-6-14(25-12)26(17,23)24)20-15(9)19-13-7-11(21-22-13)10-3-4-10/h1,7-10,14H,5-6H2,2-3H3,(H,25,27)(H,21,22,23,24);1,6-9,12H,4-5H2,2H3,(H,24,25)(H2,19,20,21,22,23);1,5-8,10H,3-4H2,(H2,17,23,24)(H2,18,19,20,21,22). The Bertz CT molecular complexity index is 4660. The van der Waals surface area contributed by atoms with Gasteiger partial charge in [0.15, 0.2) is 52.4 Å². The van der Waals surface area contributed by atoms with Crippen molar-refractivity contribution in [3.8, 4) is 69.1 Å². The van der Waals surface area contributed by atoms with Crippen molar-refractivity contribution < 1.29 is 39.6 Å². The Morgan fingerprint density at radius 3 is 1.25 bits per heavy atom. The summed E-state index contributed by atoms with van der Waals surface area (Å²) in [5.74, 6) is 11.0. The second-order valence-electron chi connectivity index (χ2n) is 19.5. The van der Waals surface area contributed by atoms with Gasteiger partial charge in [-0.3, -0.25) is 24.6 Å². The van der Waals surface area contributed by atoms with Gasteiger partial charge in [0.25, 0.3) is 20.0 Å². The highest BCUT2D eigenvalue weighted by Crippen LogP contribution is 2.43. The molecule has 33 heteroatoms. The summed E-state index contributed by atoms with van der Waals surface area (Å²) in [7, 11) is -11.6. The summed E-state index contributed by atoms with van der Waals surface area (Å²) in [5, 5.41) is 33.2. The number of carbonyl (C=O) groups excluding carboxylic acids is 3. The zero-order valence-electron chi connectivity index (χ0n) is 45.8. The van der Waals surface area contributed by atoms with Gasteiger partial charge >= 0.3 is 0 Å². The normalized spacial score (nSPS) is 13.7. The molecule has 3 fully saturated rings. The summed E-state index contributed by atoms with van der Waals surface area (Å²) in [6.07, 6.45) is 27.7. The predicted octanol–water partition coefficient (Wildman–Crippen LogP) is 7.02. The number of rotatable bonds is 17. The fourth-order valence-corrected chi connectivity index (χ4v) is 14.2. The van der Waals surface area contributed by atoms with Gasteiger partial charge < -0.3 is 16.0 Å². The minimum atomic E-state index is -3.96. The molecule has 2 amide bonds. The van der Waals surface area contributed by atoms with E-state index < -0.39 is 41.9 Å². The van der Waals surface area contributed by atoms with Crippen LogP contribution in [0.2, 0.25) is 0 Å². The summed E-state index contributed by atoms with van der Waals surface area (Å²) in [4.78, 5) is 61.7. The highest BCUT2D eigenvalue weighted by molar-refractivity contribution is 7.92. The topological polar surface area (TPSA) is 392 Å². The second kappa shape index (κ2) is 24.8. The zero-order chi connectivity index (χ0) is 62.0. The van der Waals surface area contributed by atoms with Crippen LogP contribution >= 0.6 is 34.0 Å². The maximum Gasteiger partial charge on any atom is 0.273 e. The van der Waals surface area contributed by atoms with Crippen LogP contribution in [0.25, 0.3) is 32.1 Å². The van der Waals surface area contributed by atoms with E-state index in [-0.39, 0.29) is 24.4 Å². The summed E-state index contributed by atoms with van der Waals surface area (Å²) in [6, 6.07) is 14.6. The summed E-state index contributed by atoms with van der Waals surface area (Å²) in [6.45, 7) is 3.70. The van der Waals surface area contributed by atoms with Gasteiger partial charge in [0, 0.05) is 86.7 Å². The van der Waals surface area contributed by atoms with Gasteiger partial charge in [-0.2, -0.15) is 10.2 Å². The molecule has 3 saturated carbocycles. The summed E-state index contributed by atoms with van der Waals surface area (Å²) < 4.78 is 76.8. The SMILES string of the molecule is C#Cc1cnc(-c2ccc(S(=O)(=O)NC(C)=O)s2)nc1Nc1cc(C2CC2)[nH]n1.C#Cc1cnc(-c2ccc(S(=O)(=O)NC(C)=O)s2)nc1Nc1cc(C2CC2)n(C(C)=O)n1.C#Cc1cnc(-c2ccc(S(N)(=O)=O)s2)nc1Nc1cc(C2CC2)[nH]n1. The first-order valence-corrected chi connectivity index (χ1v) is 32.9. The van der Waals surface area contributed by atoms with Gasteiger partial charge in [-0.25, -0.2) is 74.4 Å². The largest absolute Gasteiger partial charge is 0.322 e. The number of amides is 2. The molecule has 0 aliphatic heterocycles. The van der Waals surface area contributed by atoms with E-state index in [2.05, 4.69) is 89.1 Å². The number of H-pyrrole nitrogens is 2. The minimum absolute atomic E-state index is 0.0109. The number of sulfonamides is 3. The Labute approximate surface area is 509 Å². The number of nitrogens with zero attached hydrogens (tertiary/aromatic N) is 10. The third-order valence-corrected chi connectivity index (χ3v) is 21.1. The van der Waals surface area contributed by atoms with E-state index in [4.69, 9.17) is 24.4 Å². The fourth-order valence-electron chi connectivity index (χ4n) is 8.10. The highest BCUT2D eigenvalue weighted by atomic mass is 32.3. The van der Waals surface area contributed by atoms with E-state index in [0.29, 0.717) is 95.6 Å². The van der Waals surface area contributed by atoms with E-state index in [1.54, 1.807) is 24.3 Å². The van der Waals surface area contributed by atoms with Crippen LogP contribution < -0.4 is 30.5 Å². The van der Waals surface area contributed by atoms with Crippen LogP contribution in [0.3, 0.4) is 0 Å². The molecule has 3 aliphatic carbocycles. The van der Waals surface area contributed by atoms with Gasteiger partial charge in [0.2, 0.25) is 27.7 Å². The van der Waals surface area contributed by atoms with Crippen LogP contribution in [-0.2, 0) is 39.7 Å². The quantitative estimate of drug-likeness (QED) is 0.0424. The van der Waals surface area contributed by atoms with Crippen LogP contribution in [0.5, 0.6) is 0 Å². The van der Waals surface area contributed by atoms with Crippen molar-refractivity contribution in [3.05, 3.63) is 107 Å². The molecule has 0 radical (unpaired) electrons. The van der Waals surface area contributed by atoms with Crippen molar-refractivity contribution in [2.24, 2.45) is 5.14 Å². The lowest BCUT2D eigenvalue weighted by molar-refractivity contribution is -0.118. The Balaban J connectivity index is 0.000000145. The van der Waals surface area contributed by atoms with E-state index in [1.165, 1.54) is 61.2 Å². The molecule has 27 nitrogen and oxygen atoms in total. The molecule has 0 atom stereocenters. The van der Waals surface area contributed by atoms with E-state index in [1.807, 2.05) is 21.6 Å². The van der Waals surface area contributed by atoms with Crippen LogP contribution in [0.15, 0.2) is 85.8 Å². The fraction of sp³-hybridized carbons (Fsp3) is 0.222. The van der Waals surface area contributed by atoms with Gasteiger partial charge in [-0.05, 0) is 74.9 Å². The monoisotopic (exact) mass is 1280 g/mol. The zero-order valence-corrected chi connectivity index (χ0v) is 50.7. The van der Waals surface area contributed by atoms with Crippen LogP contribution in [0.4, 0.5) is 34.9 Å². The number of nitrogens with one attached hydrogen (secondary N) is 7. The number of carbonyl (C=O) groups is 3. The van der Waals surface area contributed by atoms with Gasteiger partial charge in [0.1, 0.15) is 12.6 Å². The maximum absolute atomic E-state index is 12.2. The molecule has 9 N–H and O–H groups in total. The number of thiophene rings is 3. The number of nitrogens with two attached hydrogens (primary N) is 1. The molecule has 0 saturated heterocycles. The number of aromatic nitrogens is 12. The second-order valence-corrected chi connectivity index (χ2v) is 28.4. The maximum atomic E-state index is 12.2. The molecule has 0 spiro atoms. The minimum Gasteiger partial charge on any atom is -0.322 e. The van der Waals surface area contributed by atoms with E-state index in [9.17, 15) is 39.6 Å². The molecule has 9 heterocycles. The first kappa shape index (κ1) is 60.6. The van der Waals surface area contributed by atoms with Crippen molar-refractivity contribution in [1.82, 2.24) is 69.5 Å². The van der Waals surface area contributed by atoms with Crippen molar-refractivity contribution in [2.75, 3.05) is 16.0 Å². The number of hydrogen-bond acceptors (Lipinski definition) is 24. The molecule has 444 valence electrons. The van der Waals surface area contributed by atoms with E-state index >= 15 is 0 Å².